The standard InChI is InChI=1S/C19H16N2O3S2/c1-2-21-18(23)16(26-19(21)25)12-13-5-7-14(8-6-13)20-17(22)10-9-15-4-3-11-24-15/h3-12H,2H2,1H3,(H,20,22)/b10-9+,16-12+. The minimum Gasteiger partial charge on any atom is -0.465 e. The van der Waals surface area contributed by atoms with E-state index in [9.17, 15) is 9.59 Å². The van der Waals surface area contributed by atoms with Crippen molar-refractivity contribution in [1.82, 2.24) is 4.90 Å². The summed E-state index contributed by atoms with van der Waals surface area (Å²) >= 11 is 6.50. The molecule has 2 aromatic rings. The van der Waals surface area contributed by atoms with Crippen LogP contribution in [-0.2, 0) is 9.59 Å². The second-order valence-corrected chi connectivity index (χ2v) is 7.06. The molecule has 1 N–H and O–H groups in total. The van der Waals surface area contributed by atoms with Gasteiger partial charge in [0, 0.05) is 18.3 Å². The Morgan fingerprint density at radius 1 is 1.31 bits per heavy atom. The predicted octanol–water partition coefficient (Wildman–Crippen LogP) is 4.15. The summed E-state index contributed by atoms with van der Waals surface area (Å²) in [5.74, 6) is 0.292. The van der Waals surface area contributed by atoms with Crippen LogP contribution in [0.15, 0.2) is 58.1 Å². The summed E-state index contributed by atoms with van der Waals surface area (Å²) in [6.07, 6.45) is 6.35. The average Bonchev–Trinajstić information content (AvgIpc) is 3.23. The number of likely N-dealkylation sites (N-methyl/N-ethyl adjacent to an activating group) is 1. The SMILES string of the molecule is CCN1C(=O)/C(=C\c2ccc(NC(=O)/C=C/c3ccco3)cc2)SC1=S. The number of carbonyl (C=O) groups is 2. The molecule has 1 aliphatic rings. The van der Waals surface area contributed by atoms with E-state index in [0.717, 1.165) is 5.56 Å². The molecule has 26 heavy (non-hydrogen) atoms. The van der Waals surface area contributed by atoms with E-state index in [1.165, 1.54) is 17.8 Å². The predicted molar refractivity (Wildman–Crippen MR) is 108 cm³/mol. The van der Waals surface area contributed by atoms with Crippen molar-refractivity contribution in [2.45, 2.75) is 6.92 Å². The number of hydrogen-bond acceptors (Lipinski definition) is 5. The molecule has 132 valence electrons. The zero-order chi connectivity index (χ0) is 18.5. The highest BCUT2D eigenvalue weighted by molar-refractivity contribution is 8.26. The van der Waals surface area contributed by atoms with Gasteiger partial charge >= 0.3 is 0 Å². The fourth-order valence-electron chi connectivity index (χ4n) is 2.31. The molecular formula is C19H16N2O3S2. The van der Waals surface area contributed by atoms with Gasteiger partial charge in [-0.3, -0.25) is 14.5 Å². The first-order valence-corrected chi connectivity index (χ1v) is 9.17. The molecule has 0 unspecified atom stereocenters. The third kappa shape index (κ3) is 4.30. The summed E-state index contributed by atoms with van der Waals surface area (Å²) in [7, 11) is 0. The first-order chi connectivity index (χ1) is 12.6. The van der Waals surface area contributed by atoms with Crippen LogP contribution in [0.3, 0.4) is 0 Å². The molecule has 1 fully saturated rings. The highest BCUT2D eigenvalue weighted by Gasteiger charge is 2.30. The summed E-state index contributed by atoms with van der Waals surface area (Å²) in [5, 5.41) is 2.77. The maximum atomic E-state index is 12.2. The first-order valence-electron chi connectivity index (χ1n) is 7.95. The maximum absolute atomic E-state index is 12.2. The second kappa shape index (κ2) is 8.16. The lowest BCUT2D eigenvalue weighted by Crippen LogP contribution is -2.27. The van der Waals surface area contributed by atoms with Crippen LogP contribution in [0, 0.1) is 0 Å². The second-order valence-electron chi connectivity index (χ2n) is 5.39. The number of hydrogen-bond donors (Lipinski definition) is 1. The smallest absolute Gasteiger partial charge is 0.266 e. The number of nitrogens with zero attached hydrogens (tertiary/aromatic N) is 1. The van der Waals surface area contributed by atoms with Gasteiger partial charge in [-0.2, -0.15) is 0 Å². The molecule has 1 aromatic heterocycles. The van der Waals surface area contributed by atoms with E-state index in [2.05, 4.69) is 5.32 Å². The van der Waals surface area contributed by atoms with Crippen molar-refractivity contribution in [1.29, 1.82) is 0 Å². The summed E-state index contributed by atoms with van der Waals surface area (Å²) in [6.45, 7) is 2.46. The lowest BCUT2D eigenvalue weighted by molar-refractivity contribution is -0.122. The number of amides is 2. The number of benzene rings is 1. The molecule has 0 bridgehead atoms. The van der Waals surface area contributed by atoms with Crippen molar-refractivity contribution in [3.8, 4) is 0 Å². The van der Waals surface area contributed by atoms with E-state index in [-0.39, 0.29) is 11.8 Å². The normalized spacial score (nSPS) is 16.0. The third-order valence-corrected chi connectivity index (χ3v) is 4.99. The molecule has 7 heteroatoms. The molecule has 5 nitrogen and oxygen atoms in total. The fraction of sp³-hybridized carbons (Fsp3) is 0.105. The van der Waals surface area contributed by atoms with E-state index >= 15 is 0 Å². The molecule has 0 saturated carbocycles. The highest BCUT2D eigenvalue weighted by atomic mass is 32.2. The molecule has 2 heterocycles. The minimum atomic E-state index is -0.252. The van der Waals surface area contributed by atoms with Gasteiger partial charge in [0.05, 0.1) is 11.2 Å². The van der Waals surface area contributed by atoms with Crippen LogP contribution in [0.25, 0.3) is 12.2 Å². The van der Waals surface area contributed by atoms with Crippen molar-refractivity contribution in [3.63, 3.8) is 0 Å². The van der Waals surface area contributed by atoms with Crippen molar-refractivity contribution >= 4 is 58.0 Å². The molecule has 1 aromatic carbocycles. The number of thioether (sulfide) groups is 1. The van der Waals surface area contributed by atoms with Gasteiger partial charge in [0.2, 0.25) is 5.91 Å². The zero-order valence-corrected chi connectivity index (χ0v) is 15.6. The molecule has 0 radical (unpaired) electrons. The summed E-state index contributed by atoms with van der Waals surface area (Å²) in [4.78, 5) is 26.3. The fourth-order valence-corrected chi connectivity index (χ4v) is 3.70. The topological polar surface area (TPSA) is 62.6 Å². The van der Waals surface area contributed by atoms with E-state index in [1.54, 1.807) is 47.6 Å². The van der Waals surface area contributed by atoms with E-state index in [0.29, 0.717) is 27.2 Å². The Hall–Kier alpha value is -2.64. The monoisotopic (exact) mass is 384 g/mol. The Labute approximate surface area is 160 Å². The highest BCUT2D eigenvalue weighted by Crippen LogP contribution is 2.32. The maximum Gasteiger partial charge on any atom is 0.266 e. The molecule has 3 rings (SSSR count). The Morgan fingerprint density at radius 3 is 2.69 bits per heavy atom. The van der Waals surface area contributed by atoms with Crippen molar-refractivity contribution in [2.75, 3.05) is 11.9 Å². The number of thiocarbonyl (C=S) groups is 1. The van der Waals surface area contributed by atoms with Crippen molar-refractivity contribution in [2.24, 2.45) is 0 Å². The number of rotatable bonds is 5. The Kier molecular flexibility index (Phi) is 5.70. The van der Waals surface area contributed by atoms with Gasteiger partial charge < -0.3 is 9.73 Å². The third-order valence-electron chi connectivity index (χ3n) is 3.61. The Balaban J connectivity index is 1.64. The van der Waals surface area contributed by atoms with Crippen LogP contribution in [-0.4, -0.2) is 27.6 Å². The number of nitrogens with one attached hydrogen (secondary N) is 1. The quantitative estimate of drug-likeness (QED) is 0.620. The van der Waals surface area contributed by atoms with Gasteiger partial charge in [-0.05, 0) is 48.9 Å². The molecule has 1 aliphatic heterocycles. The minimum absolute atomic E-state index is 0.0667. The zero-order valence-electron chi connectivity index (χ0n) is 14.0. The molecule has 2 amide bonds. The lowest BCUT2D eigenvalue weighted by Gasteiger charge is -2.09. The Bertz CT molecular complexity index is 884. The largest absolute Gasteiger partial charge is 0.465 e. The molecule has 1 saturated heterocycles. The summed E-state index contributed by atoms with van der Waals surface area (Å²) in [5.41, 5.74) is 1.53. The molecule has 0 spiro atoms. The van der Waals surface area contributed by atoms with Crippen LogP contribution in [0.1, 0.15) is 18.2 Å². The van der Waals surface area contributed by atoms with Gasteiger partial charge in [0.1, 0.15) is 10.1 Å². The number of anilines is 1. The van der Waals surface area contributed by atoms with Gasteiger partial charge in [0.15, 0.2) is 0 Å². The Morgan fingerprint density at radius 2 is 2.08 bits per heavy atom. The van der Waals surface area contributed by atoms with E-state index in [4.69, 9.17) is 16.6 Å². The summed E-state index contributed by atoms with van der Waals surface area (Å²) < 4.78 is 5.71. The average molecular weight is 384 g/mol. The lowest BCUT2D eigenvalue weighted by atomic mass is 10.2. The van der Waals surface area contributed by atoms with Gasteiger partial charge in [0.25, 0.3) is 5.91 Å². The van der Waals surface area contributed by atoms with Crippen LogP contribution >= 0.6 is 24.0 Å². The van der Waals surface area contributed by atoms with Crippen LogP contribution < -0.4 is 5.32 Å². The number of furan rings is 1. The van der Waals surface area contributed by atoms with E-state index in [1.807, 2.05) is 19.1 Å². The number of carbonyl (C=O) groups excluding carboxylic acids is 2. The van der Waals surface area contributed by atoms with Crippen LogP contribution in [0.4, 0.5) is 5.69 Å². The van der Waals surface area contributed by atoms with Gasteiger partial charge in [-0.1, -0.05) is 36.1 Å². The van der Waals surface area contributed by atoms with Crippen molar-refractivity contribution < 1.29 is 14.0 Å². The van der Waals surface area contributed by atoms with Gasteiger partial charge in [-0.25, -0.2) is 0 Å². The molecule has 0 atom stereocenters. The first kappa shape index (κ1) is 18.2. The molecule has 0 aliphatic carbocycles. The molecular weight excluding hydrogens is 368 g/mol. The van der Waals surface area contributed by atoms with Crippen LogP contribution in [0.5, 0.6) is 0 Å². The summed E-state index contributed by atoms with van der Waals surface area (Å²) in [6, 6.07) is 10.8. The van der Waals surface area contributed by atoms with E-state index < -0.39 is 0 Å². The van der Waals surface area contributed by atoms with Crippen LogP contribution in [0.2, 0.25) is 0 Å². The van der Waals surface area contributed by atoms with Gasteiger partial charge in [-0.15, -0.1) is 0 Å². The van der Waals surface area contributed by atoms with Crippen molar-refractivity contribution in [3.05, 3.63) is 65.0 Å².